The summed E-state index contributed by atoms with van der Waals surface area (Å²) in [6, 6.07) is 19.7. The molecule has 0 aliphatic carbocycles. The molecule has 5 rings (SSSR count). The van der Waals surface area contributed by atoms with E-state index in [2.05, 4.69) is 31.6 Å². The van der Waals surface area contributed by atoms with E-state index in [1.807, 2.05) is 6.07 Å². The fourth-order valence-corrected chi connectivity index (χ4v) is 5.50. The van der Waals surface area contributed by atoms with Gasteiger partial charge in [0, 0.05) is 28.7 Å². The molecule has 0 radical (unpaired) electrons. The molecule has 0 spiro atoms. The molecule has 0 aliphatic rings. The molecule has 300 valence electrons. The van der Waals surface area contributed by atoms with Gasteiger partial charge in [-0.05, 0) is 84.9 Å². The lowest BCUT2D eigenvalue weighted by Gasteiger charge is -2.17. The van der Waals surface area contributed by atoms with Crippen LogP contribution in [0.4, 0.5) is 22.7 Å². The molecule has 0 fully saturated rings. The zero-order chi connectivity index (χ0) is 42.8. The van der Waals surface area contributed by atoms with Crippen molar-refractivity contribution in [3.05, 3.63) is 124 Å². The molecular weight excluding hydrogens is 790 g/mol. The molecule has 0 bridgehead atoms. The van der Waals surface area contributed by atoms with Crippen LogP contribution in [0.3, 0.4) is 0 Å². The van der Waals surface area contributed by atoms with E-state index >= 15 is 0 Å². The highest BCUT2D eigenvalue weighted by atomic mass is 35.5. The second-order valence-corrected chi connectivity index (χ2v) is 12.5. The Bertz CT molecular complexity index is 2490. The molecule has 1 heterocycles. The lowest BCUT2D eigenvalue weighted by molar-refractivity contribution is -0.117. The third-order valence-electron chi connectivity index (χ3n) is 8.37. The van der Waals surface area contributed by atoms with E-state index in [1.165, 1.54) is 92.2 Å². The Morgan fingerprint density at radius 2 is 1.15 bits per heavy atom. The molecule has 0 aliphatic heterocycles. The minimum Gasteiger partial charge on any atom is -0.504 e. The molecule has 4 aromatic carbocycles. The van der Waals surface area contributed by atoms with Gasteiger partial charge >= 0.3 is 5.97 Å². The van der Waals surface area contributed by atoms with Crippen LogP contribution in [0.2, 0.25) is 5.15 Å². The van der Waals surface area contributed by atoms with Crippen molar-refractivity contribution < 1.29 is 53.6 Å². The number of methoxy groups -OCH3 is 2. The summed E-state index contributed by atoms with van der Waals surface area (Å²) in [5.41, 5.74) is 0.256. The first-order valence-electron chi connectivity index (χ1n) is 17.0. The lowest BCUT2D eigenvalue weighted by Crippen LogP contribution is -2.43. The number of nitriles is 1. The van der Waals surface area contributed by atoms with Crippen molar-refractivity contribution in [2.24, 2.45) is 0 Å². The van der Waals surface area contributed by atoms with Crippen LogP contribution in [-0.4, -0.2) is 76.1 Å². The minimum atomic E-state index is -1.43. The highest BCUT2D eigenvalue weighted by Crippen LogP contribution is 2.40. The monoisotopic (exact) mass is 821 g/mol. The second-order valence-electron chi connectivity index (χ2n) is 12.2. The summed E-state index contributed by atoms with van der Waals surface area (Å²) in [6.07, 6.45) is 0.947. The van der Waals surface area contributed by atoms with Crippen LogP contribution >= 0.6 is 11.6 Å². The average molecular weight is 822 g/mol. The van der Waals surface area contributed by atoms with Crippen molar-refractivity contribution in [2.75, 3.05) is 35.5 Å². The number of pyridine rings is 1. The maximum atomic E-state index is 13.2. The fraction of sp³-hybridized carbons (Fsp3) is 0.100. The zero-order valence-electron chi connectivity index (χ0n) is 30.8. The Hall–Kier alpha value is -8.17. The molecule has 8 N–H and O–H groups in total. The lowest BCUT2D eigenvalue weighted by atomic mass is 10.1. The van der Waals surface area contributed by atoms with Crippen LogP contribution in [0.5, 0.6) is 23.0 Å². The molecular formula is C40H32ClN7O11. The Balaban J connectivity index is 1.19. The van der Waals surface area contributed by atoms with E-state index in [-0.39, 0.29) is 62.4 Å². The average Bonchev–Trinajstić information content (AvgIpc) is 3.21. The minimum absolute atomic E-state index is 0.0186. The van der Waals surface area contributed by atoms with Crippen LogP contribution < -0.4 is 36.1 Å². The number of ether oxygens (including phenoxy) is 2. The summed E-state index contributed by atoms with van der Waals surface area (Å²) in [4.78, 5) is 80.0. The third-order valence-corrected chi connectivity index (χ3v) is 8.59. The van der Waals surface area contributed by atoms with Crippen LogP contribution in [-0.2, 0) is 4.79 Å². The van der Waals surface area contributed by atoms with E-state index < -0.39 is 58.6 Å². The number of nitrogens with zero attached hydrogens (tertiary/aromatic N) is 2. The number of rotatable bonds is 14. The summed E-state index contributed by atoms with van der Waals surface area (Å²) in [7, 11) is 2.35. The Morgan fingerprint density at radius 1 is 0.661 bits per heavy atom. The Morgan fingerprint density at radius 3 is 1.68 bits per heavy atom. The van der Waals surface area contributed by atoms with Gasteiger partial charge in [0.25, 0.3) is 23.6 Å². The quantitative estimate of drug-likeness (QED) is 0.0664. The predicted molar refractivity (Wildman–Crippen MR) is 212 cm³/mol. The fourth-order valence-electron chi connectivity index (χ4n) is 5.39. The number of hydrogen-bond donors (Lipinski definition) is 8. The maximum absolute atomic E-state index is 13.2. The number of benzene rings is 4. The number of phenols is 2. The van der Waals surface area contributed by atoms with Crippen LogP contribution in [0.1, 0.15) is 58.2 Å². The van der Waals surface area contributed by atoms with E-state index in [0.29, 0.717) is 5.69 Å². The van der Waals surface area contributed by atoms with Crippen molar-refractivity contribution in [3.63, 3.8) is 0 Å². The van der Waals surface area contributed by atoms with Gasteiger partial charge in [0.05, 0.1) is 49.2 Å². The molecule has 59 heavy (non-hydrogen) atoms. The normalized spacial score (nSPS) is 10.9. The first kappa shape index (κ1) is 42.0. The number of aromatic nitrogens is 1. The standard InChI is InChI=1S/C40H32ClN7O11/c1-58-33-27(14-12-25(31(33)49)38(54)47-28-15-13-26(40(56)57)32(50)34(28)59-2)46-35(51)20-5-10-24(11-6-20)45-39(55)29(17-18-42)48-36(52)21-3-8-23(9-4-21)44-37(53)22-7-16-30(41)43-19-22/h3-16,19,29,49-50H,17H2,1-2H3,(H,44,53)(H,45,55)(H,46,51)(H,47,54)(H,48,52)(H,56,57). The van der Waals surface area contributed by atoms with Gasteiger partial charge in [-0.15, -0.1) is 0 Å². The number of hydrogen-bond acceptors (Lipinski definition) is 12. The smallest absolute Gasteiger partial charge is 0.339 e. The number of aromatic carboxylic acids is 1. The molecule has 5 amide bonds. The molecule has 0 saturated carbocycles. The number of carbonyl (C=O) groups excluding carboxylic acids is 5. The Labute approximate surface area is 339 Å². The van der Waals surface area contributed by atoms with Crippen molar-refractivity contribution in [1.82, 2.24) is 10.3 Å². The van der Waals surface area contributed by atoms with Gasteiger partial charge in [-0.25, -0.2) is 9.78 Å². The first-order valence-corrected chi connectivity index (χ1v) is 17.4. The Kier molecular flexibility index (Phi) is 13.3. The van der Waals surface area contributed by atoms with Gasteiger partial charge in [-0.3, -0.25) is 24.0 Å². The molecule has 1 aromatic heterocycles. The molecule has 1 atom stereocenters. The van der Waals surface area contributed by atoms with Crippen LogP contribution in [0, 0.1) is 11.3 Å². The van der Waals surface area contributed by atoms with Gasteiger partial charge < -0.3 is 51.4 Å². The van der Waals surface area contributed by atoms with Gasteiger partial charge in [0.1, 0.15) is 16.8 Å². The summed E-state index contributed by atoms with van der Waals surface area (Å²) in [5, 5.41) is 52.7. The zero-order valence-corrected chi connectivity index (χ0v) is 31.6. The molecule has 19 heteroatoms. The number of carbonyl (C=O) groups is 6. The van der Waals surface area contributed by atoms with Crippen molar-refractivity contribution in [1.29, 1.82) is 5.26 Å². The van der Waals surface area contributed by atoms with Gasteiger partial charge in [0.15, 0.2) is 23.0 Å². The predicted octanol–water partition coefficient (Wildman–Crippen LogP) is 5.27. The third kappa shape index (κ3) is 9.99. The van der Waals surface area contributed by atoms with E-state index in [0.717, 1.165) is 13.2 Å². The summed E-state index contributed by atoms with van der Waals surface area (Å²) >= 11 is 5.76. The number of carboxylic acid groups (broad SMARTS) is 1. The van der Waals surface area contributed by atoms with E-state index in [4.69, 9.17) is 21.1 Å². The van der Waals surface area contributed by atoms with Gasteiger partial charge in [-0.1, -0.05) is 11.6 Å². The van der Waals surface area contributed by atoms with Crippen molar-refractivity contribution in [2.45, 2.75) is 12.5 Å². The SMILES string of the molecule is COc1c(NC(=O)c2ccc(NC(=O)c3ccc(NC(=O)C(CC#N)NC(=O)c4ccc(NC(=O)c5ccc(Cl)nc5)cc4)cc3)c(OC)c2O)ccc(C(=O)O)c1O. The van der Waals surface area contributed by atoms with E-state index in [1.54, 1.807) is 0 Å². The van der Waals surface area contributed by atoms with Crippen molar-refractivity contribution in [3.8, 4) is 29.1 Å². The van der Waals surface area contributed by atoms with Gasteiger partial charge in [0.2, 0.25) is 5.91 Å². The maximum Gasteiger partial charge on any atom is 0.339 e. The number of amides is 5. The summed E-state index contributed by atoms with van der Waals surface area (Å²) < 4.78 is 10.3. The number of halogens is 1. The molecule has 0 saturated heterocycles. The molecule has 5 aromatic rings. The topological polar surface area (TPSA) is 278 Å². The van der Waals surface area contributed by atoms with Crippen LogP contribution in [0.15, 0.2) is 91.1 Å². The largest absolute Gasteiger partial charge is 0.504 e. The first-order chi connectivity index (χ1) is 28.2. The number of anilines is 4. The summed E-state index contributed by atoms with van der Waals surface area (Å²) in [5.74, 6) is -6.78. The molecule has 1 unspecified atom stereocenters. The highest BCUT2D eigenvalue weighted by molar-refractivity contribution is 6.29. The van der Waals surface area contributed by atoms with Crippen molar-refractivity contribution >= 4 is 69.9 Å². The highest BCUT2D eigenvalue weighted by Gasteiger charge is 2.25. The number of carboxylic acids is 1. The van der Waals surface area contributed by atoms with Gasteiger partial charge in [-0.2, -0.15) is 5.26 Å². The number of phenolic OH excluding ortho intramolecular Hbond substituents is 1. The van der Waals surface area contributed by atoms with Crippen LogP contribution in [0.25, 0.3) is 0 Å². The number of aromatic hydroxyl groups is 2. The molecule has 18 nitrogen and oxygen atoms in total. The second kappa shape index (κ2) is 18.6. The van der Waals surface area contributed by atoms with E-state index in [9.17, 15) is 49.3 Å². The summed E-state index contributed by atoms with van der Waals surface area (Å²) in [6.45, 7) is 0. The number of nitrogens with one attached hydrogen (secondary N) is 5.